The molecule has 106 valence electrons. The SMILES string of the molecule is Nc1cccnc1-c1nc(C2CCCCCCC2)no1. The molecule has 1 fully saturated rings. The summed E-state index contributed by atoms with van der Waals surface area (Å²) in [5, 5.41) is 4.15. The van der Waals surface area contributed by atoms with Crippen molar-refractivity contribution in [2.45, 2.75) is 50.9 Å². The van der Waals surface area contributed by atoms with Crippen LogP contribution in [-0.2, 0) is 0 Å². The zero-order valence-corrected chi connectivity index (χ0v) is 11.6. The third kappa shape index (κ3) is 2.81. The van der Waals surface area contributed by atoms with E-state index >= 15 is 0 Å². The summed E-state index contributed by atoms with van der Waals surface area (Å²) < 4.78 is 5.35. The Morgan fingerprint density at radius 3 is 2.60 bits per heavy atom. The molecule has 2 heterocycles. The topological polar surface area (TPSA) is 77.8 Å². The minimum Gasteiger partial charge on any atom is -0.397 e. The van der Waals surface area contributed by atoms with Gasteiger partial charge in [-0.3, -0.25) is 0 Å². The number of anilines is 1. The van der Waals surface area contributed by atoms with Crippen molar-refractivity contribution in [2.75, 3.05) is 5.73 Å². The Morgan fingerprint density at radius 2 is 1.85 bits per heavy atom. The van der Waals surface area contributed by atoms with Gasteiger partial charge in [0.2, 0.25) is 0 Å². The van der Waals surface area contributed by atoms with Crippen molar-refractivity contribution in [1.82, 2.24) is 15.1 Å². The smallest absolute Gasteiger partial charge is 0.278 e. The lowest BCUT2D eigenvalue weighted by atomic mass is 9.91. The van der Waals surface area contributed by atoms with E-state index < -0.39 is 0 Å². The first-order chi connectivity index (χ1) is 9.84. The molecule has 0 spiro atoms. The van der Waals surface area contributed by atoms with Crippen LogP contribution in [0.3, 0.4) is 0 Å². The molecule has 2 N–H and O–H groups in total. The van der Waals surface area contributed by atoms with Crippen LogP contribution < -0.4 is 5.73 Å². The van der Waals surface area contributed by atoms with Crippen LogP contribution in [-0.4, -0.2) is 15.1 Å². The fraction of sp³-hybridized carbons (Fsp3) is 0.533. The van der Waals surface area contributed by atoms with E-state index in [1.807, 2.05) is 0 Å². The van der Waals surface area contributed by atoms with E-state index in [1.54, 1.807) is 18.3 Å². The Kier molecular flexibility index (Phi) is 3.95. The highest BCUT2D eigenvalue weighted by molar-refractivity contribution is 5.65. The van der Waals surface area contributed by atoms with Gasteiger partial charge in [0.15, 0.2) is 11.5 Å². The fourth-order valence-corrected chi connectivity index (χ4v) is 2.81. The van der Waals surface area contributed by atoms with Crippen molar-refractivity contribution < 1.29 is 4.52 Å². The number of hydrogen-bond donors (Lipinski definition) is 1. The maximum absolute atomic E-state index is 5.90. The van der Waals surface area contributed by atoms with Crippen LogP contribution in [0.4, 0.5) is 5.69 Å². The lowest BCUT2D eigenvalue weighted by Gasteiger charge is -2.15. The summed E-state index contributed by atoms with van der Waals surface area (Å²) >= 11 is 0. The molecule has 0 amide bonds. The summed E-state index contributed by atoms with van der Waals surface area (Å²) in [6, 6.07) is 3.59. The summed E-state index contributed by atoms with van der Waals surface area (Å²) in [6.07, 6.45) is 10.5. The number of aromatic nitrogens is 3. The lowest BCUT2D eigenvalue weighted by Crippen LogP contribution is -2.04. The standard InChI is InChI=1S/C15H20N4O/c16-12-9-6-10-17-13(12)15-18-14(19-20-15)11-7-4-2-1-3-5-8-11/h6,9-11H,1-5,7-8,16H2. The molecule has 0 atom stereocenters. The van der Waals surface area contributed by atoms with Gasteiger partial charge >= 0.3 is 0 Å². The third-order valence-electron chi connectivity index (χ3n) is 3.95. The predicted molar refractivity (Wildman–Crippen MR) is 77.0 cm³/mol. The van der Waals surface area contributed by atoms with Crippen molar-refractivity contribution in [3.8, 4) is 11.6 Å². The largest absolute Gasteiger partial charge is 0.397 e. The molecule has 20 heavy (non-hydrogen) atoms. The summed E-state index contributed by atoms with van der Waals surface area (Å²) in [6.45, 7) is 0. The number of pyridine rings is 1. The summed E-state index contributed by atoms with van der Waals surface area (Å²) in [4.78, 5) is 8.74. The molecule has 1 aliphatic rings. The van der Waals surface area contributed by atoms with Crippen molar-refractivity contribution in [3.63, 3.8) is 0 Å². The van der Waals surface area contributed by atoms with Gasteiger partial charge in [0, 0.05) is 12.1 Å². The molecular formula is C15H20N4O. The molecule has 0 saturated heterocycles. The van der Waals surface area contributed by atoms with E-state index in [0.29, 0.717) is 23.2 Å². The molecule has 1 aliphatic carbocycles. The maximum atomic E-state index is 5.90. The van der Waals surface area contributed by atoms with E-state index in [2.05, 4.69) is 15.1 Å². The van der Waals surface area contributed by atoms with E-state index in [0.717, 1.165) is 18.7 Å². The van der Waals surface area contributed by atoms with Crippen LogP contribution in [0.15, 0.2) is 22.9 Å². The third-order valence-corrected chi connectivity index (χ3v) is 3.95. The average molecular weight is 272 g/mol. The first-order valence-electron chi connectivity index (χ1n) is 7.39. The Hall–Kier alpha value is -1.91. The number of nitrogens with zero attached hydrogens (tertiary/aromatic N) is 3. The van der Waals surface area contributed by atoms with Gasteiger partial charge in [-0.1, -0.05) is 37.3 Å². The normalized spacial score (nSPS) is 17.6. The van der Waals surface area contributed by atoms with Crippen molar-refractivity contribution in [1.29, 1.82) is 0 Å². The minimum absolute atomic E-state index is 0.415. The van der Waals surface area contributed by atoms with Crippen molar-refractivity contribution in [3.05, 3.63) is 24.2 Å². The number of nitrogen functional groups attached to an aromatic ring is 1. The molecule has 5 heteroatoms. The number of nitrogens with two attached hydrogens (primary N) is 1. The van der Waals surface area contributed by atoms with E-state index in [-0.39, 0.29) is 0 Å². The fourth-order valence-electron chi connectivity index (χ4n) is 2.81. The molecule has 0 aliphatic heterocycles. The van der Waals surface area contributed by atoms with E-state index in [4.69, 9.17) is 10.3 Å². The predicted octanol–water partition coefficient (Wildman–Crippen LogP) is 3.54. The molecule has 0 radical (unpaired) electrons. The van der Waals surface area contributed by atoms with E-state index in [1.165, 1.54) is 32.1 Å². The second kappa shape index (κ2) is 6.03. The molecule has 1 saturated carbocycles. The molecular weight excluding hydrogens is 252 g/mol. The van der Waals surface area contributed by atoms with Crippen LogP contribution in [0.25, 0.3) is 11.6 Å². The van der Waals surface area contributed by atoms with Gasteiger partial charge in [-0.15, -0.1) is 0 Å². The van der Waals surface area contributed by atoms with E-state index in [9.17, 15) is 0 Å². The quantitative estimate of drug-likeness (QED) is 0.904. The van der Waals surface area contributed by atoms with Crippen LogP contribution in [0, 0.1) is 0 Å². The average Bonchev–Trinajstić information content (AvgIpc) is 2.88. The Labute approximate surface area is 118 Å². The molecule has 2 aromatic heterocycles. The van der Waals surface area contributed by atoms with Gasteiger partial charge in [0.05, 0.1) is 5.69 Å². The zero-order valence-electron chi connectivity index (χ0n) is 11.6. The number of hydrogen-bond acceptors (Lipinski definition) is 5. The molecule has 2 aromatic rings. The van der Waals surface area contributed by atoms with Gasteiger partial charge in [-0.2, -0.15) is 4.98 Å². The number of rotatable bonds is 2. The molecule has 0 bridgehead atoms. The van der Waals surface area contributed by atoms with Crippen LogP contribution in [0.2, 0.25) is 0 Å². The van der Waals surface area contributed by atoms with Gasteiger partial charge in [-0.25, -0.2) is 4.98 Å². The second-order valence-electron chi connectivity index (χ2n) is 5.44. The first kappa shape index (κ1) is 13.1. The summed E-state index contributed by atoms with van der Waals surface area (Å²) in [7, 11) is 0. The van der Waals surface area contributed by atoms with Gasteiger partial charge in [0.1, 0.15) is 0 Å². The molecule has 3 rings (SSSR count). The maximum Gasteiger partial charge on any atom is 0.278 e. The Bertz CT molecular complexity index is 559. The van der Waals surface area contributed by atoms with Gasteiger partial charge in [-0.05, 0) is 25.0 Å². The highest BCUT2D eigenvalue weighted by Crippen LogP contribution is 2.31. The highest BCUT2D eigenvalue weighted by Gasteiger charge is 2.21. The molecule has 0 unspecified atom stereocenters. The Balaban J connectivity index is 1.80. The second-order valence-corrected chi connectivity index (χ2v) is 5.44. The lowest BCUT2D eigenvalue weighted by molar-refractivity contribution is 0.392. The van der Waals surface area contributed by atoms with Gasteiger partial charge in [0.25, 0.3) is 5.89 Å². The minimum atomic E-state index is 0.415. The molecule has 5 nitrogen and oxygen atoms in total. The highest BCUT2D eigenvalue weighted by atomic mass is 16.5. The summed E-state index contributed by atoms with van der Waals surface area (Å²) in [5.41, 5.74) is 7.05. The van der Waals surface area contributed by atoms with Crippen LogP contribution >= 0.6 is 0 Å². The van der Waals surface area contributed by atoms with Crippen molar-refractivity contribution in [2.24, 2.45) is 0 Å². The molecule has 0 aromatic carbocycles. The summed E-state index contributed by atoms with van der Waals surface area (Å²) in [5.74, 6) is 1.66. The van der Waals surface area contributed by atoms with Crippen LogP contribution in [0.1, 0.15) is 56.7 Å². The zero-order chi connectivity index (χ0) is 13.8. The first-order valence-corrected chi connectivity index (χ1v) is 7.39. The van der Waals surface area contributed by atoms with Gasteiger partial charge < -0.3 is 10.3 Å². The Morgan fingerprint density at radius 1 is 1.10 bits per heavy atom. The van der Waals surface area contributed by atoms with Crippen LogP contribution in [0.5, 0.6) is 0 Å². The van der Waals surface area contributed by atoms with Crippen molar-refractivity contribution >= 4 is 5.69 Å². The monoisotopic (exact) mass is 272 g/mol.